The molecule has 1 N–H and O–H groups in total. The molecule has 0 aliphatic carbocycles. The van der Waals surface area contributed by atoms with Gasteiger partial charge < -0.3 is 14.5 Å². The zero-order valence-corrected chi connectivity index (χ0v) is 13.8. The highest BCUT2D eigenvalue weighted by Crippen LogP contribution is 2.39. The van der Waals surface area contributed by atoms with E-state index in [2.05, 4.69) is 9.97 Å². The maximum atomic E-state index is 10.9. The first kappa shape index (κ1) is 16.1. The highest BCUT2D eigenvalue weighted by Gasteiger charge is 2.16. The molecule has 0 aliphatic heterocycles. The van der Waals surface area contributed by atoms with Crippen LogP contribution >= 0.6 is 11.6 Å². The number of aromatic nitrogens is 2. The molecule has 0 amide bonds. The molecule has 0 unspecified atom stereocenters. The fourth-order valence-electron chi connectivity index (χ4n) is 2.39. The molecule has 0 atom stereocenters. The van der Waals surface area contributed by atoms with Crippen LogP contribution in [0.1, 0.15) is 6.92 Å². The molecule has 0 saturated carbocycles. The smallest absolute Gasteiger partial charge is 0.271 e. The number of imidazole rings is 1. The van der Waals surface area contributed by atoms with Crippen molar-refractivity contribution in [1.29, 1.82) is 0 Å². The van der Waals surface area contributed by atoms with Gasteiger partial charge in [0, 0.05) is 17.7 Å². The molecule has 3 rings (SSSR count). The summed E-state index contributed by atoms with van der Waals surface area (Å²) < 4.78 is 10.8. The summed E-state index contributed by atoms with van der Waals surface area (Å²) in [6.45, 7) is 2.32. The van der Waals surface area contributed by atoms with Crippen molar-refractivity contribution in [3.05, 3.63) is 45.5 Å². The summed E-state index contributed by atoms with van der Waals surface area (Å²) in [7, 11) is 1.53. The van der Waals surface area contributed by atoms with Crippen molar-refractivity contribution < 1.29 is 14.4 Å². The van der Waals surface area contributed by atoms with Gasteiger partial charge in [-0.25, -0.2) is 4.98 Å². The lowest BCUT2D eigenvalue weighted by atomic mass is 10.2. The monoisotopic (exact) mass is 347 g/mol. The van der Waals surface area contributed by atoms with E-state index in [1.165, 1.54) is 19.2 Å². The lowest BCUT2D eigenvalue weighted by Gasteiger charge is -2.12. The van der Waals surface area contributed by atoms with Crippen LogP contribution < -0.4 is 9.47 Å². The quantitative estimate of drug-likeness (QED) is 0.551. The zero-order chi connectivity index (χ0) is 17.3. The lowest BCUT2D eigenvalue weighted by Crippen LogP contribution is -1.97. The summed E-state index contributed by atoms with van der Waals surface area (Å²) >= 11 is 6.27. The predicted molar refractivity (Wildman–Crippen MR) is 90.9 cm³/mol. The molecule has 1 aromatic heterocycles. The fraction of sp³-hybridized carbons (Fsp3) is 0.188. The number of ether oxygens (including phenoxy) is 2. The van der Waals surface area contributed by atoms with Crippen molar-refractivity contribution in [1.82, 2.24) is 9.97 Å². The van der Waals surface area contributed by atoms with Gasteiger partial charge in [0.25, 0.3) is 5.69 Å². The summed E-state index contributed by atoms with van der Waals surface area (Å²) in [5.41, 5.74) is 1.89. The number of nitro benzene ring substituents is 1. The number of nitrogens with one attached hydrogen (secondary N) is 1. The molecule has 24 heavy (non-hydrogen) atoms. The minimum Gasteiger partial charge on any atom is -0.493 e. The van der Waals surface area contributed by atoms with Crippen LogP contribution in [0.2, 0.25) is 5.02 Å². The lowest BCUT2D eigenvalue weighted by molar-refractivity contribution is -0.384. The van der Waals surface area contributed by atoms with Gasteiger partial charge >= 0.3 is 0 Å². The predicted octanol–water partition coefficient (Wildman–Crippen LogP) is 4.20. The van der Waals surface area contributed by atoms with E-state index >= 15 is 0 Å². The van der Waals surface area contributed by atoms with Crippen LogP contribution in [0.3, 0.4) is 0 Å². The van der Waals surface area contributed by atoms with Crippen LogP contribution in [-0.2, 0) is 0 Å². The van der Waals surface area contributed by atoms with Gasteiger partial charge in [-0.15, -0.1) is 0 Å². The number of hydrogen-bond donors (Lipinski definition) is 1. The molecular formula is C16H14ClN3O4. The Morgan fingerprint density at radius 1 is 1.33 bits per heavy atom. The molecule has 0 aliphatic rings. The first-order chi connectivity index (χ1) is 11.5. The molecule has 0 spiro atoms. The summed E-state index contributed by atoms with van der Waals surface area (Å²) in [5, 5.41) is 11.3. The Kier molecular flexibility index (Phi) is 4.26. The molecule has 1 heterocycles. The molecule has 3 aromatic rings. The van der Waals surface area contributed by atoms with E-state index in [4.69, 9.17) is 21.1 Å². The van der Waals surface area contributed by atoms with Crippen LogP contribution in [0.5, 0.6) is 11.5 Å². The average Bonchev–Trinajstić information content (AvgIpc) is 2.99. The molecule has 0 saturated heterocycles. The first-order valence-corrected chi connectivity index (χ1v) is 7.56. The van der Waals surface area contributed by atoms with E-state index < -0.39 is 4.92 Å². The van der Waals surface area contributed by atoms with Crippen LogP contribution in [0.15, 0.2) is 30.3 Å². The molecular weight excluding hydrogens is 334 g/mol. The van der Waals surface area contributed by atoms with Gasteiger partial charge in [0.1, 0.15) is 5.82 Å². The molecule has 0 fully saturated rings. The van der Waals surface area contributed by atoms with Crippen molar-refractivity contribution >= 4 is 28.3 Å². The van der Waals surface area contributed by atoms with E-state index in [-0.39, 0.29) is 5.69 Å². The van der Waals surface area contributed by atoms with Crippen molar-refractivity contribution in [2.24, 2.45) is 0 Å². The van der Waals surface area contributed by atoms with E-state index in [0.29, 0.717) is 45.5 Å². The summed E-state index contributed by atoms with van der Waals surface area (Å²) in [5.74, 6) is 1.50. The fourth-order valence-corrected chi connectivity index (χ4v) is 2.65. The number of fused-ring (bicyclic) bond motifs is 1. The van der Waals surface area contributed by atoms with E-state index in [1.54, 1.807) is 18.2 Å². The number of aromatic amines is 1. The van der Waals surface area contributed by atoms with Crippen LogP contribution in [-0.4, -0.2) is 28.6 Å². The number of halogens is 1. The van der Waals surface area contributed by atoms with Gasteiger partial charge in [0.15, 0.2) is 11.5 Å². The number of nitro groups is 1. The number of H-pyrrole nitrogens is 1. The molecule has 7 nitrogen and oxygen atoms in total. The number of nitrogens with zero attached hydrogens (tertiary/aromatic N) is 2. The molecule has 124 valence electrons. The Morgan fingerprint density at radius 3 is 2.79 bits per heavy atom. The summed E-state index contributed by atoms with van der Waals surface area (Å²) in [6.07, 6.45) is 0. The van der Waals surface area contributed by atoms with Crippen LogP contribution in [0.4, 0.5) is 5.69 Å². The second kappa shape index (κ2) is 6.37. The Morgan fingerprint density at radius 2 is 2.12 bits per heavy atom. The third-order valence-corrected chi connectivity index (χ3v) is 3.75. The molecule has 0 radical (unpaired) electrons. The molecule has 2 aromatic carbocycles. The Balaban J connectivity index is 2.09. The minimum absolute atomic E-state index is 0.00000619. The van der Waals surface area contributed by atoms with Crippen molar-refractivity contribution in [2.75, 3.05) is 13.7 Å². The van der Waals surface area contributed by atoms with Gasteiger partial charge in [0.05, 0.1) is 34.7 Å². The SMILES string of the molecule is CCOc1c(Cl)cc(-c2nc3ccc([N+](=O)[O-])cc3[nH]2)cc1OC. The first-order valence-electron chi connectivity index (χ1n) is 7.18. The topological polar surface area (TPSA) is 90.3 Å². The number of hydrogen-bond acceptors (Lipinski definition) is 5. The number of rotatable bonds is 5. The maximum absolute atomic E-state index is 10.9. The van der Waals surface area contributed by atoms with Crippen LogP contribution in [0, 0.1) is 10.1 Å². The third-order valence-electron chi connectivity index (χ3n) is 3.47. The number of non-ortho nitro benzene ring substituents is 1. The van der Waals surface area contributed by atoms with Crippen molar-refractivity contribution in [3.8, 4) is 22.9 Å². The number of benzene rings is 2. The van der Waals surface area contributed by atoms with E-state index in [0.717, 1.165) is 0 Å². The highest BCUT2D eigenvalue weighted by atomic mass is 35.5. The van der Waals surface area contributed by atoms with Gasteiger partial charge in [-0.1, -0.05) is 11.6 Å². The van der Waals surface area contributed by atoms with Gasteiger partial charge in [-0.05, 0) is 25.1 Å². The molecule has 8 heteroatoms. The van der Waals surface area contributed by atoms with Crippen LogP contribution in [0.25, 0.3) is 22.4 Å². The second-order valence-corrected chi connectivity index (χ2v) is 5.37. The Bertz CT molecular complexity index is 923. The molecule has 0 bridgehead atoms. The van der Waals surface area contributed by atoms with E-state index in [1.807, 2.05) is 6.92 Å². The number of methoxy groups -OCH3 is 1. The highest BCUT2D eigenvalue weighted by molar-refractivity contribution is 6.32. The summed E-state index contributed by atoms with van der Waals surface area (Å²) in [4.78, 5) is 17.9. The van der Waals surface area contributed by atoms with Gasteiger partial charge in [-0.2, -0.15) is 0 Å². The van der Waals surface area contributed by atoms with Crippen molar-refractivity contribution in [3.63, 3.8) is 0 Å². The van der Waals surface area contributed by atoms with E-state index in [9.17, 15) is 10.1 Å². The zero-order valence-electron chi connectivity index (χ0n) is 13.0. The third kappa shape index (κ3) is 2.85. The normalized spacial score (nSPS) is 10.8. The second-order valence-electron chi connectivity index (χ2n) is 4.97. The largest absolute Gasteiger partial charge is 0.493 e. The Labute approximate surface area is 142 Å². The standard InChI is InChI=1S/C16H14ClN3O4/c1-3-24-15-11(17)6-9(7-14(15)23-2)16-18-12-5-4-10(20(21)22)8-13(12)19-16/h4-8H,3H2,1-2H3,(H,18,19). The Hall–Kier alpha value is -2.80. The minimum atomic E-state index is -0.448. The average molecular weight is 348 g/mol. The van der Waals surface area contributed by atoms with Crippen molar-refractivity contribution in [2.45, 2.75) is 6.92 Å². The maximum Gasteiger partial charge on any atom is 0.271 e. The summed E-state index contributed by atoms with van der Waals surface area (Å²) in [6, 6.07) is 7.92. The van der Waals surface area contributed by atoms with Gasteiger partial charge in [0.2, 0.25) is 0 Å². The van der Waals surface area contributed by atoms with Gasteiger partial charge in [-0.3, -0.25) is 10.1 Å².